The molecule has 1 rings (SSSR count). The highest BCUT2D eigenvalue weighted by atomic mass is 16.6. The number of methoxy groups -OCH3 is 1. The molecule has 0 bridgehead atoms. The van der Waals surface area contributed by atoms with E-state index >= 15 is 0 Å². The average Bonchev–Trinajstić information content (AvgIpc) is 2.75. The van der Waals surface area contributed by atoms with Crippen molar-refractivity contribution in [2.75, 3.05) is 20.3 Å². The zero-order chi connectivity index (χ0) is 13.5. The molecule has 102 valence electrons. The second kappa shape index (κ2) is 7.04. The van der Waals surface area contributed by atoms with Crippen LogP contribution in [0.5, 0.6) is 0 Å². The van der Waals surface area contributed by atoms with Crippen LogP contribution in [0.15, 0.2) is 12.3 Å². The Morgan fingerprint density at radius 3 is 2.89 bits per heavy atom. The summed E-state index contributed by atoms with van der Waals surface area (Å²) in [6, 6.07) is 1.28. The van der Waals surface area contributed by atoms with E-state index in [-0.39, 0.29) is 25.1 Å². The highest BCUT2D eigenvalue weighted by Crippen LogP contribution is 2.06. The number of aliphatic hydroxyl groups excluding tert-OH is 1. The smallest absolute Gasteiger partial charge is 0.389 e. The number of nitrogens with zero attached hydrogens (tertiary/aromatic N) is 3. The summed E-state index contributed by atoms with van der Waals surface area (Å²) in [5.41, 5.74) is 0. The van der Waals surface area contributed by atoms with Crippen LogP contribution in [0, 0.1) is 10.1 Å². The van der Waals surface area contributed by atoms with Gasteiger partial charge in [-0.3, -0.25) is 0 Å². The van der Waals surface area contributed by atoms with Crippen LogP contribution < -0.4 is 0 Å². The minimum Gasteiger partial charge on any atom is -0.389 e. The molecule has 0 fully saturated rings. The number of aromatic nitrogens is 2. The molecule has 8 nitrogen and oxygen atoms in total. The highest BCUT2D eigenvalue weighted by Gasteiger charge is 2.14. The first-order chi connectivity index (χ1) is 8.52. The molecular weight excluding hydrogens is 242 g/mol. The Labute approximate surface area is 104 Å². The van der Waals surface area contributed by atoms with Crippen LogP contribution in [0.25, 0.3) is 0 Å². The fourth-order valence-electron chi connectivity index (χ4n) is 1.38. The largest absolute Gasteiger partial charge is 0.389 e. The summed E-state index contributed by atoms with van der Waals surface area (Å²) in [6.07, 6.45) is 0.556. The molecule has 0 saturated heterocycles. The maximum Gasteiger partial charge on any atom is 0.389 e. The van der Waals surface area contributed by atoms with Gasteiger partial charge in [-0.05, 0) is 11.8 Å². The van der Waals surface area contributed by atoms with Gasteiger partial charge in [0.1, 0.15) is 0 Å². The van der Waals surface area contributed by atoms with E-state index in [1.807, 2.05) is 6.92 Å². The summed E-state index contributed by atoms with van der Waals surface area (Å²) < 4.78 is 11.5. The number of hydrogen-bond acceptors (Lipinski definition) is 6. The SMILES string of the molecule is COCC(C)OCC(O)Cn1ccc([N+](=O)[O-])n1. The number of hydrogen-bond donors (Lipinski definition) is 1. The van der Waals surface area contributed by atoms with E-state index < -0.39 is 11.0 Å². The zero-order valence-corrected chi connectivity index (χ0v) is 10.4. The molecule has 0 aliphatic rings. The molecule has 18 heavy (non-hydrogen) atoms. The Morgan fingerprint density at radius 2 is 2.33 bits per heavy atom. The molecule has 2 unspecified atom stereocenters. The predicted octanol–water partition coefficient (Wildman–Crippen LogP) is 0.204. The molecule has 1 N–H and O–H groups in total. The first-order valence-electron chi connectivity index (χ1n) is 5.49. The van der Waals surface area contributed by atoms with Crippen LogP contribution in [0.2, 0.25) is 0 Å². The maximum atomic E-state index is 10.4. The Balaban J connectivity index is 2.34. The van der Waals surface area contributed by atoms with Crippen molar-refractivity contribution < 1.29 is 19.5 Å². The van der Waals surface area contributed by atoms with Crippen LogP contribution in [-0.4, -0.2) is 52.3 Å². The van der Waals surface area contributed by atoms with Crippen molar-refractivity contribution in [3.8, 4) is 0 Å². The standard InChI is InChI=1S/C10H17N3O5/c1-8(6-17-2)18-7-9(14)5-12-4-3-10(11-12)13(15)16/h3-4,8-9,14H,5-7H2,1-2H3. The van der Waals surface area contributed by atoms with Crippen LogP contribution >= 0.6 is 0 Å². The summed E-state index contributed by atoms with van der Waals surface area (Å²) in [7, 11) is 1.57. The molecule has 2 atom stereocenters. The summed E-state index contributed by atoms with van der Waals surface area (Å²) in [4.78, 5) is 9.83. The van der Waals surface area contributed by atoms with Crippen molar-refractivity contribution in [3.05, 3.63) is 22.4 Å². The van der Waals surface area contributed by atoms with E-state index in [1.54, 1.807) is 7.11 Å². The zero-order valence-electron chi connectivity index (χ0n) is 10.4. The lowest BCUT2D eigenvalue weighted by atomic mass is 10.3. The minimum absolute atomic E-state index is 0.114. The molecule has 1 aromatic heterocycles. The van der Waals surface area contributed by atoms with Gasteiger partial charge in [0.2, 0.25) is 0 Å². The molecule has 0 radical (unpaired) electrons. The Morgan fingerprint density at radius 1 is 1.61 bits per heavy atom. The van der Waals surface area contributed by atoms with E-state index in [0.717, 1.165) is 0 Å². The Kier molecular flexibility index (Phi) is 5.69. The van der Waals surface area contributed by atoms with Gasteiger partial charge in [-0.15, -0.1) is 0 Å². The van der Waals surface area contributed by atoms with Crippen LogP contribution in [0.4, 0.5) is 5.82 Å². The third kappa shape index (κ3) is 4.78. The number of aliphatic hydroxyl groups is 1. The van der Waals surface area contributed by atoms with E-state index in [0.29, 0.717) is 6.61 Å². The first kappa shape index (κ1) is 14.6. The normalized spacial score (nSPS) is 14.4. The topological polar surface area (TPSA) is 99.6 Å². The Hall–Kier alpha value is -1.51. The van der Waals surface area contributed by atoms with E-state index in [4.69, 9.17) is 9.47 Å². The van der Waals surface area contributed by atoms with Gasteiger partial charge < -0.3 is 24.7 Å². The van der Waals surface area contributed by atoms with Crippen molar-refractivity contribution in [1.82, 2.24) is 9.78 Å². The third-order valence-electron chi connectivity index (χ3n) is 2.19. The number of nitro groups is 1. The van der Waals surface area contributed by atoms with Crippen molar-refractivity contribution in [3.63, 3.8) is 0 Å². The van der Waals surface area contributed by atoms with Crippen LogP contribution in [0.1, 0.15) is 6.92 Å². The van der Waals surface area contributed by atoms with Gasteiger partial charge in [0, 0.05) is 7.11 Å². The second-order valence-electron chi connectivity index (χ2n) is 3.91. The van der Waals surface area contributed by atoms with E-state index in [1.165, 1.54) is 16.9 Å². The molecule has 1 aromatic rings. The fraction of sp³-hybridized carbons (Fsp3) is 0.700. The fourth-order valence-corrected chi connectivity index (χ4v) is 1.38. The van der Waals surface area contributed by atoms with Gasteiger partial charge in [-0.25, -0.2) is 0 Å². The van der Waals surface area contributed by atoms with E-state index in [9.17, 15) is 15.2 Å². The predicted molar refractivity (Wildman–Crippen MR) is 62.2 cm³/mol. The quantitative estimate of drug-likeness (QED) is 0.529. The van der Waals surface area contributed by atoms with Crippen molar-refractivity contribution >= 4 is 5.82 Å². The molecular formula is C10H17N3O5. The minimum atomic E-state index is -0.774. The summed E-state index contributed by atoms with van der Waals surface area (Å²) in [5.74, 6) is -0.240. The number of ether oxygens (including phenoxy) is 2. The lowest BCUT2D eigenvalue weighted by Gasteiger charge is -2.14. The third-order valence-corrected chi connectivity index (χ3v) is 2.19. The van der Waals surface area contributed by atoms with Crippen LogP contribution in [0.3, 0.4) is 0 Å². The highest BCUT2D eigenvalue weighted by molar-refractivity contribution is 5.13. The summed E-state index contributed by atoms with van der Waals surface area (Å²) in [6.45, 7) is 2.54. The molecule has 0 aliphatic heterocycles. The lowest BCUT2D eigenvalue weighted by Crippen LogP contribution is -2.26. The average molecular weight is 259 g/mol. The van der Waals surface area contributed by atoms with Gasteiger partial charge in [-0.1, -0.05) is 0 Å². The molecule has 0 saturated carbocycles. The summed E-state index contributed by atoms with van der Waals surface area (Å²) >= 11 is 0. The van der Waals surface area contributed by atoms with E-state index in [2.05, 4.69) is 5.10 Å². The molecule has 0 spiro atoms. The molecule has 0 aliphatic carbocycles. The second-order valence-corrected chi connectivity index (χ2v) is 3.91. The summed E-state index contributed by atoms with van der Waals surface area (Å²) in [5, 5.41) is 23.8. The van der Waals surface area contributed by atoms with Crippen molar-refractivity contribution in [2.24, 2.45) is 0 Å². The molecule has 8 heteroatoms. The number of rotatable bonds is 8. The van der Waals surface area contributed by atoms with Gasteiger partial charge in [-0.2, -0.15) is 4.68 Å². The van der Waals surface area contributed by atoms with Gasteiger partial charge in [0.25, 0.3) is 0 Å². The lowest BCUT2D eigenvalue weighted by molar-refractivity contribution is -0.389. The molecule has 0 amide bonds. The monoisotopic (exact) mass is 259 g/mol. The molecule has 0 aromatic carbocycles. The van der Waals surface area contributed by atoms with Crippen molar-refractivity contribution in [1.29, 1.82) is 0 Å². The maximum absolute atomic E-state index is 10.4. The Bertz CT molecular complexity index is 381. The first-order valence-corrected chi connectivity index (χ1v) is 5.49. The van der Waals surface area contributed by atoms with Gasteiger partial charge in [0.05, 0.1) is 49.3 Å². The van der Waals surface area contributed by atoms with Gasteiger partial charge >= 0.3 is 5.82 Å². The van der Waals surface area contributed by atoms with Crippen molar-refractivity contribution in [2.45, 2.75) is 25.7 Å². The van der Waals surface area contributed by atoms with Crippen LogP contribution in [-0.2, 0) is 16.0 Å². The molecule has 1 heterocycles. The van der Waals surface area contributed by atoms with Gasteiger partial charge in [0.15, 0.2) is 0 Å².